The van der Waals surface area contributed by atoms with Crippen LogP contribution in [0.25, 0.3) is 22.7 Å². The SMILES string of the molecule is CN(C)C1CCN(c2ccc(-c3nnc(Cn4ccc(-c5ccc(Cl)cc5)n4)o3)cc2)C1. The molecule has 1 aliphatic rings. The summed E-state index contributed by atoms with van der Waals surface area (Å²) in [7, 11) is 4.29. The minimum Gasteiger partial charge on any atom is -0.419 e. The molecule has 0 amide bonds. The summed E-state index contributed by atoms with van der Waals surface area (Å²) in [5.41, 5.74) is 4.02. The van der Waals surface area contributed by atoms with Crippen molar-refractivity contribution in [1.29, 1.82) is 0 Å². The van der Waals surface area contributed by atoms with Crippen LogP contribution in [0.15, 0.2) is 65.2 Å². The predicted octanol–water partition coefficient (Wildman–Crippen LogP) is 4.44. The lowest BCUT2D eigenvalue weighted by molar-refractivity contribution is 0.315. The van der Waals surface area contributed by atoms with E-state index >= 15 is 0 Å². The van der Waals surface area contributed by atoms with Crippen LogP contribution in [-0.4, -0.2) is 58.1 Å². The van der Waals surface area contributed by atoms with Gasteiger partial charge in [-0.3, -0.25) is 4.68 Å². The standard InChI is InChI=1S/C24H25ClN6O/c1-29(2)21-11-13-30(15-21)20-9-5-18(6-10-20)24-27-26-23(32-24)16-31-14-12-22(28-31)17-3-7-19(25)8-4-17/h3-10,12,14,21H,11,13,15-16H2,1-2H3. The van der Waals surface area contributed by atoms with Crippen molar-refractivity contribution >= 4 is 17.3 Å². The van der Waals surface area contributed by atoms with E-state index in [0.29, 0.717) is 29.4 Å². The molecule has 1 saturated heterocycles. The van der Waals surface area contributed by atoms with E-state index in [4.69, 9.17) is 16.0 Å². The average Bonchev–Trinajstić information content (AvgIpc) is 3.56. The Labute approximate surface area is 192 Å². The van der Waals surface area contributed by atoms with Gasteiger partial charge in [-0.25, -0.2) is 0 Å². The second-order valence-electron chi connectivity index (χ2n) is 8.31. The number of anilines is 1. The molecule has 4 aromatic rings. The highest BCUT2D eigenvalue weighted by atomic mass is 35.5. The van der Waals surface area contributed by atoms with Gasteiger partial charge in [0.15, 0.2) is 0 Å². The van der Waals surface area contributed by atoms with Crippen molar-refractivity contribution in [3.63, 3.8) is 0 Å². The molecule has 0 N–H and O–H groups in total. The van der Waals surface area contributed by atoms with E-state index in [2.05, 4.69) is 51.3 Å². The zero-order valence-electron chi connectivity index (χ0n) is 18.1. The average molecular weight is 449 g/mol. The normalized spacial score (nSPS) is 16.2. The molecule has 0 aliphatic carbocycles. The van der Waals surface area contributed by atoms with Gasteiger partial charge in [0, 0.05) is 47.2 Å². The van der Waals surface area contributed by atoms with Gasteiger partial charge in [-0.1, -0.05) is 23.7 Å². The fraction of sp³-hybridized carbons (Fsp3) is 0.292. The summed E-state index contributed by atoms with van der Waals surface area (Å²) in [6.07, 6.45) is 3.09. The Kier molecular flexibility index (Phi) is 5.68. The van der Waals surface area contributed by atoms with Crippen LogP contribution in [0.5, 0.6) is 0 Å². The van der Waals surface area contributed by atoms with Gasteiger partial charge in [0.1, 0.15) is 6.54 Å². The molecule has 0 bridgehead atoms. The number of nitrogens with zero attached hydrogens (tertiary/aromatic N) is 6. The van der Waals surface area contributed by atoms with Gasteiger partial charge in [0.05, 0.1) is 5.69 Å². The summed E-state index contributed by atoms with van der Waals surface area (Å²) < 4.78 is 7.69. The number of hydrogen-bond acceptors (Lipinski definition) is 6. The highest BCUT2D eigenvalue weighted by Crippen LogP contribution is 2.26. The van der Waals surface area contributed by atoms with Gasteiger partial charge in [0.25, 0.3) is 0 Å². The van der Waals surface area contributed by atoms with Crippen LogP contribution in [0.4, 0.5) is 5.69 Å². The molecule has 5 rings (SSSR count). The third kappa shape index (κ3) is 4.40. The van der Waals surface area contributed by atoms with Crippen molar-refractivity contribution < 1.29 is 4.42 Å². The van der Waals surface area contributed by atoms with Gasteiger partial charge in [-0.15, -0.1) is 10.2 Å². The summed E-state index contributed by atoms with van der Waals surface area (Å²) in [5, 5.41) is 13.7. The minimum atomic E-state index is 0.415. The Hall–Kier alpha value is -3.16. The maximum absolute atomic E-state index is 5.97. The van der Waals surface area contributed by atoms with Crippen LogP contribution in [-0.2, 0) is 6.54 Å². The molecular weight excluding hydrogens is 424 g/mol. The number of likely N-dealkylation sites (N-methyl/N-ethyl adjacent to an activating group) is 1. The summed E-state index contributed by atoms with van der Waals surface area (Å²) in [4.78, 5) is 4.72. The molecule has 1 fully saturated rings. The van der Waals surface area contributed by atoms with E-state index in [1.54, 1.807) is 4.68 Å². The first-order valence-electron chi connectivity index (χ1n) is 10.7. The van der Waals surface area contributed by atoms with E-state index in [1.807, 2.05) is 48.7 Å². The second kappa shape index (κ2) is 8.76. The predicted molar refractivity (Wildman–Crippen MR) is 126 cm³/mol. The molecule has 0 spiro atoms. The number of benzene rings is 2. The van der Waals surface area contributed by atoms with Crippen LogP contribution >= 0.6 is 11.6 Å². The van der Waals surface area contributed by atoms with Crippen LogP contribution in [0.1, 0.15) is 12.3 Å². The van der Waals surface area contributed by atoms with E-state index in [9.17, 15) is 0 Å². The Morgan fingerprint density at radius 2 is 1.75 bits per heavy atom. The smallest absolute Gasteiger partial charge is 0.247 e. The molecule has 0 saturated carbocycles. The van der Waals surface area contributed by atoms with Crippen LogP contribution in [0, 0.1) is 0 Å². The number of rotatable bonds is 6. The zero-order chi connectivity index (χ0) is 22.1. The monoisotopic (exact) mass is 448 g/mol. The Balaban J connectivity index is 1.25. The molecule has 8 heteroatoms. The van der Waals surface area contributed by atoms with Gasteiger partial charge < -0.3 is 14.2 Å². The third-order valence-electron chi connectivity index (χ3n) is 5.92. The molecule has 2 aromatic carbocycles. The Morgan fingerprint density at radius 1 is 1.00 bits per heavy atom. The topological polar surface area (TPSA) is 63.2 Å². The van der Waals surface area contributed by atoms with E-state index < -0.39 is 0 Å². The maximum Gasteiger partial charge on any atom is 0.247 e. The molecule has 1 unspecified atom stereocenters. The van der Waals surface area contributed by atoms with Crippen molar-refractivity contribution in [3.05, 3.63) is 71.7 Å². The molecule has 3 heterocycles. The minimum absolute atomic E-state index is 0.415. The molecule has 2 aromatic heterocycles. The third-order valence-corrected chi connectivity index (χ3v) is 6.17. The number of hydrogen-bond donors (Lipinski definition) is 0. The molecule has 1 atom stereocenters. The lowest BCUT2D eigenvalue weighted by atomic mass is 10.2. The van der Waals surface area contributed by atoms with Crippen molar-refractivity contribution in [2.45, 2.75) is 19.0 Å². The van der Waals surface area contributed by atoms with E-state index in [1.165, 1.54) is 12.1 Å². The van der Waals surface area contributed by atoms with Gasteiger partial charge in [-0.05, 0) is 63.0 Å². The first-order valence-corrected chi connectivity index (χ1v) is 11.1. The van der Waals surface area contributed by atoms with Gasteiger partial charge in [-0.2, -0.15) is 5.10 Å². The maximum atomic E-state index is 5.97. The molecular formula is C24H25ClN6O. The highest BCUT2D eigenvalue weighted by molar-refractivity contribution is 6.30. The fourth-order valence-electron chi connectivity index (χ4n) is 4.01. The van der Waals surface area contributed by atoms with Crippen molar-refractivity contribution in [3.8, 4) is 22.7 Å². The van der Waals surface area contributed by atoms with Gasteiger partial charge >= 0.3 is 0 Å². The molecule has 1 aliphatic heterocycles. The summed E-state index contributed by atoms with van der Waals surface area (Å²) in [6, 6.07) is 18.5. The Bertz CT molecular complexity index is 1180. The first-order chi connectivity index (χ1) is 15.5. The first kappa shape index (κ1) is 20.7. The van der Waals surface area contributed by atoms with E-state index in [0.717, 1.165) is 29.9 Å². The molecule has 0 radical (unpaired) electrons. The quantitative estimate of drug-likeness (QED) is 0.434. The second-order valence-corrected chi connectivity index (χ2v) is 8.74. The number of aromatic nitrogens is 4. The van der Waals surface area contributed by atoms with Crippen molar-refractivity contribution in [1.82, 2.24) is 24.9 Å². The van der Waals surface area contributed by atoms with Crippen LogP contribution < -0.4 is 4.90 Å². The highest BCUT2D eigenvalue weighted by Gasteiger charge is 2.24. The fourth-order valence-corrected chi connectivity index (χ4v) is 4.14. The summed E-state index contributed by atoms with van der Waals surface area (Å²) >= 11 is 5.97. The zero-order valence-corrected chi connectivity index (χ0v) is 18.9. The Morgan fingerprint density at radius 3 is 2.47 bits per heavy atom. The molecule has 7 nitrogen and oxygen atoms in total. The molecule has 32 heavy (non-hydrogen) atoms. The van der Waals surface area contributed by atoms with Gasteiger partial charge in [0.2, 0.25) is 11.8 Å². The summed E-state index contributed by atoms with van der Waals surface area (Å²) in [5.74, 6) is 1.03. The number of halogens is 1. The van der Waals surface area contributed by atoms with Crippen LogP contribution in [0.2, 0.25) is 5.02 Å². The van der Waals surface area contributed by atoms with E-state index in [-0.39, 0.29) is 0 Å². The van der Waals surface area contributed by atoms with Crippen molar-refractivity contribution in [2.75, 3.05) is 32.1 Å². The van der Waals surface area contributed by atoms with Crippen LogP contribution in [0.3, 0.4) is 0 Å². The molecule has 164 valence electrons. The lowest BCUT2D eigenvalue weighted by Gasteiger charge is -2.21. The largest absolute Gasteiger partial charge is 0.419 e. The lowest BCUT2D eigenvalue weighted by Crippen LogP contribution is -2.31. The summed E-state index contributed by atoms with van der Waals surface area (Å²) in [6.45, 7) is 2.55. The van der Waals surface area contributed by atoms with Crippen molar-refractivity contribution in [2.24, 2.45) is 0 Å².